The van der Waals surface area contributed by atoms with Gasteiger partial charge in [-0.3, -0.25) is 4.79 Å². The quantitative estimate of drug-likeness (QED) is 0.782. The lowest BCUT2D eigenvalue weighted by Gasteiger charge is -2.11. The third-order valence-corrected chi connectivity index (χ3v) is 3.98. The van der Waals surface area contributed by atoms with Crippen molar-refractivity contribution in [3.63, 3.8) is 0 Å². The van der Waals surface area contributed by atoms with Crippen molar-refractivity contribution in [2.45, 2.75) is 6.18 Å². The smallest absolute Gasteiger partial charge is 0.435 e. The molecule has 0 unspecified atom stereocenters. The standard InChI is InChI=1S/C18H12ClF3N2O3/c1-27-15-9-10(2-7-14(15)25)8-13-16(18(20,21)22)23-24(17(13)26)12-5-3-11(19)4-6-12/h2-9,25H,1H3. The zero-order valence-electron chi connectivity index (χ0n) is 13.8. The normalized spacial score (nSPS) is 16.0. The third-order valence-electron chi connectivity index (χ3n) is 3.73. The van der Waals surface area contributed by atoms with Crippen LogP contribution in [0.2, 0.25) is 5.02 Å². The van der Waals surface area contributed by atoms with Crippen molar-refractivity contribution < 1.29 is 27.8 Å². The Morgan fingerprint density at radius 3 is 2.44 bits per heavy atom. The van der Waals surface area contributed by atoms with Gasteiger partial charge in [-0.05, 0) is 48.0 Å². The zero-order valence-corrected chi connectivity index (χ0v) is 14.5. The molecule has 0 bridgehead atoms. The molecule has 0 fully saturated rings. The number of benzene rings is 2. The maximum atomic E-state index is 13.4. The number of carbonyl (C=O) groups excluding carboxylic acids is 1. The van der Waals surface area contributed by atoms with Crippen molar-refractivity contribution in [1.29, 1.82) is 0 Å². The molecule has 0 aromatic heterocycles. The Morgan fingerprint density at radius 1 is 1.19 bits per heavy atom. The minimum absolute atomic E-state index is 0.0647. The topological polar surface area (TPSA) is 62.1 Å². The SMILES string of the molecule is COc1cc(C=C2C(=O)N(c3ccc(Cl)cc3)N=C2C(F)(F)F)ccc1O. The van der Waals surface area contributed by atoms with E-state index in [9.17, 15) is 23.1 Å². The van der Waals surface area contributed by atoms with Crippen LogP contribution in [0.1, 0.15) is 5.56 Å². The maximum Gasteiger partial charge on any atom is 0.435 e. The van der Waals surface area contributed by atoms with Crippen molar-refractivity contribution in [2.24, 2.45) is 5.10 Å². The summed E-state index contributed by atoms with van der Waals surface area (Å²) in [7, 11) is 1.30. The van der Waals surface area contributed by atoms with Crippen molar-refractivity contribution >= 4 is 35.0 Å². The second kappa shape index (κ2) is 6.96. The van der Waals surface area contributed by atoms with Gasteiger partial charge in [-0.1, -0.05) is 17.7 Å². The molecule has 5 nitrogen and oxygen atoms in total. The number of nitrogens with zero attached hydrogens (tertiary/aromatic N) is 2. The van der Waals surface area contributed by atoms with Crippen LogP contribution in [0.4, 0.5) is 18.9 Å². The van der Waals surface area contributed by atoms with Crippen LogP contribution in [-0.2, 0) is 4.79 Å². The monoisotopic (exact) mass is 396 g/mol. The fourth-order valence-electron chi connectivity index (χ4n) is 2.46. The van der Waals surface area contributed by atoms with Crippen LogP contribution >= 0.6 is 11.6 Å². The van der Waals surface area contributed by atoms with Crippen LogP contribution < -0.4 is 9.75 Å². The van der Waals surface area contributed by atoms with Gasteiger partial charge in [0, 0.05) is 5.02 Å². The molecule has 3 rings (SSSR count). The first-order chi connectivity index (χ1) is 12.7. The second-order valence-electron chi connectivity index (χ2n) is 5.53. The summed E-state index contributed by atoms with van der Waals surface area (Å²) in [6.45, 7) is 0. The van der Waals surface area contributed by atoms with Gasteiger partial charge in [0.25, 0.3) is 5.91 Å². The lowest BCUT2D eigenvalue weighted by atomic mass is 10.1. The number of phenols is 1. The van der Waals surface area contributed by atoms with Gasteiger partial charge < -0.3 is 9.84 Å². The van der Waals surface area contributed by atoms with E-state index in [0.29, 0.717) is 10.0 Å². The molecule has 0 saturated carbocycles. The molecular weight excluding hydrogens is 385 g/mol. The van der Waals surface area contributed by atoms with Gasteiger partial charge in [-0.2, -0.15) is 23.3 Å². The number of rotatable bonds is 3. The number of halogens is 4. The summed E-state index contributed by atoms with van der Waals surface area (Å²) in [5.41, 5.74) is -1.54. The average molecular weight is 397 g/mol. The number of hydrogen-bond acceptors (Lipinski definition) is 4. The minimum Gasteiger partial charge on any atom is -0.504 e. The highest BCUT2D eigenvalue weighted by Gasteiger charge is 2.46. The van der Waals surface area contributed by atoms with E-state index in [4.69, 9.17) is 16.3 Å². The number of amides is 1. The fraction of sp³-hybridized carbons (Fsp3) is 0.111. The molecular formula is C18H12ClF3N2O3. The summed E-state index contributed by atoms with van der Waals surface area (Å²) in [6.07, 6.45) is -3.78. The molecule has 2 aromatic carbocycles. The van der Waals surface area contributed by atoms with E-state index in [1.165, 1.54) is 49.6 Å². The Morgan fingerprint density at radius 2 is 1.85 bits per heavy atom. The number of carbonyl (C=O) groups is 1. The molecule has 2 aromatic rings. The van der Waals surface area contributed by atoms with Crippen LogP contribution in [0.15, 0.2) is 53.1 Å². The van der Waals surface area contributed by atoms with Crippen molar-refractivity contribution in [3.8, 4) is 11.5 Å². The van der Waals surface area contributed by atoms with E-state index in [1.54, 1.807) is 0 Å². The Balaban J connectivity index is 2.07. The predicted molar refractivity (Wildman–Crippen MR) is 95.1 cm³/mol. The number of aromatic hydroxyl groups is 1. The van der Waals surface area contributed by atoms with Crippen molar-refractivity contribution in [1.82, 2.24) is 0 Å². The molecule has 27 heavy (non-hydrogen) atoms. The van der Waals surface area contributed by atoms with Crippen LogP contribution in [0, 0.1) is 0 Å². The number of alkyl halides is 3. The number of methoxy groups -OCH3 is 1. The van der Waals surface area contributed by atoms with E-state index in [1.807, 2.05) is 0 Å². The largest absolute Gasteiger partial charge is 0.504 e. The molecule has 1 aliphatic rings. The number of phenolic OH excluding ortho intramolecular Hbond substituents is 1. The summed E-state index contributed by atoms with van der Waals surface area (Å²) < 4.78 is 45.2. The van der Waals surface area contributed by atoms with Crippen LogP contribution in [-0.4, -0.2) is 30.0 Å². The molecule has 1 heterocycles. The van der Waals surface area contributed by atoms with Crippen molar-refractivity contribution in [2.75, 3.05) is 12.1 Å². The van der Waals surface area contributed by atoms with Gasteiger partial charge in [0.15, 0.2) is 17.2 Å². The average Bonchev–Trinajstić information content (AvgIpc) is 2.94. The molecule has 1 aliphatic heterocycles. The lowest BCUT2D eigenvalue weighted by Crippen LogP contribution is -2.25. The Labute approximate surface area is 156 Å². The Hall–Kier alpha value is -3.00. The summed E-state index contributed by atoms with van der Waals surface area (Å²) in [6, 6.07) is 9.60. The van der Waals surface area contributed by atoms with E-state index in [-0.39, 0.29) is 22.7 Å². The van der Waals surface area contributed by atoms with E-state index in [2.05, 4.69) is 5.10 Å². The molecule has 0 aliphatic carbocycles. The summed E-state index contributed by atoms with van der Waals surface area (Å²) >= 11 is 5.77. The second-order valence-corrected chi connectivity index (χ2v) is 5.97. The Kier molecular flexibility index (Phi) is 4.84. The molecule has 1 amide bonds. The van der Waals surface area contributed by atoms with Crippen LogP contribution in [0.3, 0.4) is 0 Å². The van der Waals surface area contributed by atoms with E-state index >= 15 is 0 Å². The number of ether oxygens (including phenoxy) is 1. The van der Waals surface area contributed by atoms with Gasteiger partial charge in [0.05, 0.1) is 18.4 Å². The molecule has 0 spiro atoms. The summed E-state index contributed by atoms with van der Waals surface area (Å²) in [5, 5.41) is 14.1. The number of anilines is 1. The predicted octanol–water partition coefficient (Wildman–Crippen LogP) is 4.40. The molecule has 9 heteroatoms. The number of hydrazone groups is 1. The molecule has 0 atom stereocenters. The first kappa shape index (κ1) is 18.8. The Bertz CT molecular complexity index is 953. The zero-order chi connectivity index (χ0) is 19.8. The first-order valence-corrected chi connectivity index (χ1v) is 7.93. The van der Waals surface area contributed by atoms with Gasteiger partial charge in [-0.25, -0.2) is 0 Å². The molecule has 0 radical (unpaired) electrons. The maximum absolute atomic E-state index is 13.4. The van der Waals surface area contributed by atoms with Gasteiger partial charge in [0.2, 0.25) is 0 Å². The molecule has 1 N–H and O–H groups in total. The van der Waals surface area contributed by atoms with Crippen LogP contribution in [0.25, 0.3) is 6.08 Å². The molecule has 140 valence electrons. The van der Waals surface area contributed by atoms with Gasteiger partial charge in [-0.15, -0.1) is 0 Å². The first-order valence-electron chi connectivity index (χ1n) is 7.55. The lowest BCUT2D eigenvalue weighted by molar-refractivity contribution is -0.114. The fourth-order valence-corrected chi connectivity index (χ4v) is 2.59. The van der Waals surface area contributed by atoms with Crippen LogP contribution in [0.5, 0.6) is 11.5 Å². The summed E-state index contributed by atoms with van der Waals surface area (Å²) in [4.78, 5) is 12.6. The van der Waals surface area contributed by atoms with Crippen molar-refractivity contribution in [3.05, 3.63) is 58.6 Å². The van der Waals surface area contributed by atoms with Gasteiger partial charge in [0.1, 0.15) is 0 Å². The number of hydrogen-bond donors (Lipinski definition) is 1. The van der Waals surface area contributed by atoms with E-state index in [0.717, 1.165) is 6.08 Å². The highest BCUT2D eigenvalue weighted by atomic mass is 35.5. The third kappa shape index (κ3) is 3.75. The highest BCUT2D eigenvalue weighted by Crippen LogP contribution is 2.34. The minimum atomic E-state index is -4.83. The van der Waals surface area contributed by atoms with E-state index < -0.39 is 23.4 Å². The molecule has 0 saturated heterocycles. The summed E-state index contributed by atoms with van der Waals surface area (Å²) in [5.74, 6) is -1.04. The highest BCUT2D eigenvalue weighted by molar-refractivity contribution is 6.34. The van der Waals surface area contributed by atoms with Gasteiger partial charge >= 0.3 is 6.18 Å².